The largest absolute Gasteiger partial charge is 0.497 e. The average molecular weight is 216 g/mol. The van der Waals surface area contributed by atoms with Crippen LogP contribution in [0.25, 0.3) is 0 Å². The van der Waals surface area contributed by atoms with Gasteiger partial charge in [-0.15, -0.1) is 0 Å². The molecule has 0 bridgehead atoms. The first-order chi connectivity index (χ1) is 7.10. The molecule has 1 unspecified atom stereocenters. The third-order valence-electron chi connectivity index (χ3n) is 2.18. The maximum atomic E-state index is 13.4. The SMILES string of the molecule is CCCC(O)c1c(F)cc(OC)cc1F. The molecule has 0 saturated carbocycles. The lowest BCUT2D eigenvalue weighted by molar-refractivity contribution is 0.156. The summed E-state index contributed by atoms with van der Waals surface area (Å²) >= 11 is 0. The molecule has 2 nitrogen and oxygen atoms in total. The average Bonchev–Trinajstić information content (AvgIpc) is 2.16. The van der Waals surface area contributed by atoms with Crippen molar-refractivity contribution >= 4 is 0 Å². The van der Waals surface area contributed by atoms with Crippen LogP contribution in [0.15, 0.2) is 12.1 Å². The van der Waals surface area contributed by atoms with Crippen molar-refractivity contribution in [3.63, 3.8) is 0 Å². The van der Waals surface area contributed by atoms with Gasteiger partial charge in [-0.3, -0.25) is 0 Å². The molecule has 1 aromatic rings. The summed E-state index contributed by atoms with van der Waals surface area (Å²) in [5, 5.41) is 9.52. The van der Waals surface area contributed by atoms with E-state index >= 15 is 0 Å². The Morgan fingerprint density at radius 2 is 1.87 bits per heavy atom. The molecule has 1 aromatic carbocycles. The highest BCUT2D eigenvalue weighted by molar-refractivity contribution is 5.31. The van der Waals surface area contributed by atoms with Crippen molar-refractivity contribution in [2.75, 3.05) is 7.11 Å². The second kappa shape index (κ2) is 5.07. The molecule has 0 fully saturated rings. The molecule has 1 rings (SSSR count). The Morgan fingerprint density at radius 1 is 1.33 bits per heavy atom. The summed E-state index contributed by atoms with van der Waals surface area (Å²) in [6.07, 6.45) is -0.104. The number of hydrogen-bond donors (Lipinski definition) is 1. The lowest BCUT2D eigenvalue weighted by atomic mass is 10.0. The van der Waals surface area contributed by atoms with Gasteiger partial charge in [0, 0.05) is 12.1 Å². The predicted octanol–water partition coefficient (Wildman–Crippen LogP) is 2.81. The molecular weight excluding hydrogens is 202 g/mol. The molecule has 0 amide bonds. The van der Waals surface area contributed by atoms with Gasteiger partial charge in [-0.2, -0.15) is 0 Å². The lowest BCUT2D eigenvalue weighted by Gasteiger charge is -2.12. The number of methoxy groups -OCH3 is 1. The summed E-state index contributed by atoms with van der Waals surface area (Å²) in [5.74, 6) is -1.43. The predicted molar refractivity (Wildman–Crippen MR) is 52.8 cm³/mol. The summed E-state index contributed by atoms with van der Waals surface area (Å²) in [4.78, 5) is 0. The van der Waals surface area contributed by atoms with Crippen LogP contribution in [-0.4, -0.2) is 12.2 Å². The van der Waals surface area contributed by atoms with Crippen molar-refractivity contribution in [3.05, 3.63) is 29.3 Å². The van der Waals surface area contributed by atoms with Gasteiger partial charge in [0.05, 0.1) is 18.8 Å². The van der Waals surface area contributed by atoms with Crippen LogP contribution in [0.1, 0.15) is 31.4 Å². The lowest BCUT2D eigenvalue weighted by Crippen LogP contribution is -2.04. The van der Waals surface area contributed by atoms with Crippen LogP contribution in [0.2, 0.25) is 0 Å². The van der Waals surface area contributed by atoms with Crippen LogP contribution in [-0.2, 0) is 0 Å². The highest BCUT2D eigenvalue weighted by Crippen LogP contribution is 2.27. The number of halogens is 2. The molecule has 0 radical (unpaired) electrons. The van der Waals surface area contributed by atoms with Gasteiger partial charge in [0.2, 0.25) is 0 Å². The Labute approximate surface area is 87.5 Å². The Balaban J connectivity index is 3.07. The van der Waals surface area contributed by atoms with E-state index in [1.54, 1.807) is 0 Å². The fraction of sp³-hybridized carbons (Fsp3) is 0.455. The molecule has 0 aromatic heterocycles. The van der Waals surface area contributed by atoms with Gasteiger partial charge in [0.25, 0.3) is 0 Å². The van der Waals surface area contributed by atoms with E-state index in [4.69, 9.17) is 4.74 Å². The van der Waals surface area contributed by atoms with E-state index in [-0.39, 0.29) is 11.3 Å². The minimum absolute atomic E-state index is 0.109. The Kier molecular flexibility index (Phi) is 4.03. The second-order valence-corrected chi connectivity index (χ2v) is 3.31. The van der Waals surface area contributed by atoms with Crippen molar-refractivity contribution in [1.29, 1.82) is 0 Å². The molecule has 0 aliphatic carbocycles. The number of benzene rings is 1. The minimum atomic E-state index is -1.10. The van der Waals surface area contributed by atoms with E-state index in [1.165, 1.54) is 7.11 Å². The first kappa shape index (κ1) is 11.9. The summed E-state index contributed by atoms with van der Waals surface area (Å²) in [6, 6.07) is 2.13. The number of aliphatic hydroxyl groups excluding tert-OH is 1. The highest BCUT2D eigenvalue weighted by atomic mass is 19.1. The summed E-state index contributed by atoms with van der Waals surface area (Å²) in [5.41, 5.74) is -0.280. The Bertz CT molecular complexity index is 316. The summed E-state index contributed by atoms with van der Waals surface area (Å²) in [6.45, 7) is 1.84. The molecule has 1 N–H and O–H groups in total. The normalized spacial score (nSPS) is 12.6. The van der Waals surface area contributed by atoms with Gasteiger partial charge in [-0.05, 0) is 6.42 Å². The summed E-state index contributed by atoms with van der Waals surface area (Å²) < 4.78 is 31.5. The van der Waals surface area contributed by atoms with Crippen LogP contribution in [0.4, 0.5) is 8.78 Å². The third kappa shape index (κ3) is 2.65. The van der Waals surface area contributed by atoms with Crippen LogP contribution in [0, 0.1) is 11.6 Å². The topological polar surface area (TPSA) is 29.5 Å². The van der Waals surface area contributed by atoms with Gasteiger partial charge in [-0.1, -0.05) is 13.3 Å². The maximum absolute atomic E-state index is 13.4. The Morgan fingerprint density at radius 3 is 2.27 bits per heavy atom. The second-order valence-electron chi connectivity index (χ2n) is 3.31. The van der Waals surface area contributed by atoms with Gasteiger partial charge >= 0.3 is 0 Å². The van der Waals surface area contributed by atoms with E-state index < -0.39 is 17.7 Å². The van der Waals surface area contributed by atoms with Gasteiger partial charge in [-0.25, -0.2) is 8.78 Å². The van der Waals surface area contributed by atoms with E-state index in [2.05, 4.69) is 0 Å². The van der Waals surface area contributed by atoms with Crippen LogP contribution >= 0.6 is 0 Å². The van der Waals surface area contributed by atoms with Crippen molar-refractivity contribution in [3.8, 4) is 5.75 Å². The monoisotopic (exact) mass is 216 g/mol. The molecule has 0 aliphatic rings. The zero-order valence-electron chi connectivity index (χ0n) is 8.76. The zero-order chi connectivity index (χ0) is 11.4. The molecule has 15 heavy (non-hydrogen) atoms. The Hall–Kier alpha value is -1.16. The van der Waals surface area contributed by atoms with Crippen LogP contribution in [0.3, 0.4) is 0 Å². The van der Waals surface area contributed by atoms with Crippen molar-refractivity contribution < 1.29 is 18.6 Å². The smallest absolute Gasteiger partial charge is 0.135 e. The van der Waals surface area contributed by atoms with E-state index in [0.29, 0.717) is 12.8 Å². The molecule has 0 aliphatic heterocycles. The number of ether oxygens (including phenoxy) is 1. The fourth-order valence-electron chi connectivity index (χ4n) is 1.42. The molecular formula is C11H14F2O2. The molecule has 4 heteroatoms. The van der Waals surface area contributed by atoms with Crippen molar-refractivity contribution in [1.82, 2.24) is 0 Å². The standard InChI is InChI=1S/C11H14F2O2/c1-3-4-10(14)11-8(12)5-7(15-2)6-9(11)13/h5-6,10,14H,3-4H2,1-2H3. The van der Waals surface area contributed by atoms with Crippen molar-refractivity contribution in [2.24, 2.45) is 0 Å². The minimum Gasteiger partial charge on any atom is -0.497 e. The van der Waals surface area contributed by atoms with E-state index in [9.17, 15) is 13.9 Å². The number of hydrogen-bond acceptors (Lipinski definition) is 2. The zero-order valence-corrected chi connectivity index (χ0v) is 8.76. The van der Waals surface area contributed by atoms with Crippen LogP contribution < -0.4 is 4.74 Å². The quantitative estimate of drug-likeness (QED) is 0.838. The van der Waals surface area contributed by atoms with Gasteiger partial charge in [0.15, 0.2) is 0 Å². The maximum Gasteiger partial charge on any atom is 0.135 e. The molecule has 0 heterocycles. The number of rotatable bonds is 4. The third-order valence-corrected chi connectivity index (χ3v) is 2.18. The fourth-order valence-corrected chi connectivity index (χ4v) is 1.42. The first-order valence-electron chi connectivity index (χ1n) is 4.81. The number of aliphatic hydroxyl groups is 1. The van der Waals surface area contributed by atoms with E-state index in [0.717, 1.165) is 12.1 Å². The first-order valence-corrected chi connectivity index (χ1v) is 4.81. The highest BCUT2D eigenvalue weighted by Gasteiger charge is 2.18. The molecule has 0 spiro atoms. The van der Waals surface area contributed by atoms with Crippen LogP contribution in [0.5, 0.6) is 5.75 Å². The van der Waals surface area contributed by atoms with Gasteiger partial charge in [0.1, 0.15) is 17.4 Å². The van der Waals surface area contributed by atoms with Crippen molar-refractivity contribution in [2.45, 2.75) is 25.9 Å². The van der Waals surface area contributed by atoms with Gasteiger partial charge < -0.3 is 9.84 Å². The summed E-state index contributed by atoms with van der Waals surface area (Å²) in [7, 11) is 1.33. The molecule has 84 valence electrons. The van der Waals surface area contributed by atoms with E-state index in [1.807, 2.05) is 6.92 Å². The molecule has 1 atom stereocenters. The molecule has 0 saturated heterocycles.